The Kier molecular flexibility index (Phi) is 3.88. The summed E-state index contributed by atoms with van der Waals surface area (Å²) in [6, 6.07) is 0. The van der Waals surface area contributed by atoms with Crippen LogP contribution in [0.3, 0.4) is 0 Å². The van der Waals surface area contributed by atoms with E-state index < -0.39 is 18.1 Å². The van der Waals surface area contributed by atoms with E-state index >= 15 is 0 Å². The second kappa shape index (κ2) is 4.20. The molecule has 0 rings (SSSR count). The number of aliphatic hydroxyl groups is 2. The lowest BCUT2D eigenvalue weighted by Crippen LogP contribution is -2.48. The second-order valence-electron chi connectivity index (χ2n) is 2.45. The number of hydrogen-bond donors (Lipinski definition) is 3. The highest BCUT2D eigenvalue weighted by atomic mass is 16.6. The van der Waals surface area contributed by atoms with Gasteiger partial charge in [0.05, 0.1) is 0 Å². The van der Waals surface area contributed by atoms with Gasteiger partial charge in [-0.05, 0) is 6.92 Å². The minimum absolute atomic E-state index is 0.626. The molecular formula is C7H13NO4. The average molecular weight is 175 g/mol. The van der Waals surface area contributed by atoms with E-state index in [-0.39, 0.29) is 0 Å². The predicted octanol–water partition coefficient (Wildman–Crippen LogP) is -0.691. The number of rotatable bonds is 4. The largest absolute Gasteiger partial charge is 0.444 e. The third-order valence-electron chi connectivity index (χ3n) is 0.936. The summed E-state index contributed by atoms with van der Waals surface area (Å²) in [6.45, 7) is 5.76. The van der Waals surface area contributed by atoms with Crippen LogP contribution in [0, 0.1) is 0 Å². The van der Waals surface area contributed by atoms with Crippen LogP contribution < -0.4 is 5.32 Å². The molecule has 0 saturated heterocycles. The Hall–Kier alpha value is -0.910. The molecule has 12 heavy (non-hydrogen) atoms. The maximum atomic E-state index is 10.6. The van der Waals surface area contributed by atoms with Gasteiger partial charge in [-0.2, -0.15) is 0 Å². The lowest BCUT2D eigenvalue weighted by Gasteiger charge is -2.22. The zero-order chi connectivity index (χ0) is 9.78. The lowest BCUT2D eigenvalue weighted by atomic mass is 10.5. The first-order chi connectivity index (χ1) is 5.35. The van der Waals surface area contributed by atoms with E-state index in [1.165, 1.54) is 6.92 Å². The maximum absolute atomic E-state index is 10.6. The molecule has 3 N–H and O–H groups in total. The molecule has 5 nitrogen and oxygen atoms in total. The van der Waals surface area contributed by atoms with Crippen LogP contribution in [0.5, 0.6) is 0 Å². The van der Waals surface area contributed by atoms with Crippen molar-refractivity contribution in [1.29, 1.82) is 0 Å². The van der Waals surface area contributed by atoms with E-state index in [1.54, 1.807) is 0 Å². The number of nitrogens with one attached hydrogen (secondary N) is 1. The number of esters is 1. The third kappa shape index (κ3) is 5.84. The Morgan fingerprint density at radius 1 is 1.75 bits per heavy atom. The van der Waals surface area contributed by atoms with Gasteiger partial charge in [-0.1, -0.05) is 6.58 Å². The highest BCUT2D eigenvalue weighted by Gasteiger charge is 2.19. The fourth-order valence-electron chi connectivity index (χ4n) is 0.637. The normalized spacial score (nSPS) is 13.7. The van der Waals surface area contributed by atoms with Crippen molar-refractivity contribution in [2.24, 2.45) is 0 Å². The van der Waals surface area contributed by atoms with Crippen molar-refractivity contribution in [2.45, 2.75) is 26.0 Å². The molecule has 0 aromatic heterocycles. The number of ether oxygens (including phenoxy) is 1. The molecule has 0 fully saturated rings. The predicted molar refractivity (Wildman–Crippen MR) is 41.7 cm³/mol. The second-order valence-corrected chi connectivity index (χ2v) is 2.45. The van der Waals surface area contributed by atoms with Gasteiger partial charge >= 0.3 is 5.97 Å². The Labute approximate surface area is 70.7 Å². The molecule has 70 valence electrons. The van der Waals surface area contributed by atoms with Gasteiger partial charge in [0.25, 0.3) is 0 Å². The van der Waals surface area contributed by atoms with Crippen molar-refractivity contribution >= 4 is 5.97 Å². The summed E-state index contributed by atoms with van der Waals surface area (Å²) >= 11 is 0. The molecule has 0 heterocycles. The highest BCUT2D eigenvalue weighted by molar-refractivity contribution is 5.81. The van der Waals surface area contributed by atoms with Crippen LogP contribution in [0.4, 0.5) is 0 Å². The molecule has 0 aliphatic rings. The van der Waals surface area contributed by atoms with Gasteiger partial charge < -0.3 is 14.9 Å². The molecule has 0 bridgehead atoms. The number of carbonyl (C=O) groups excluding carboxylic acids is 1. The summed E-state index contributed by atoms with van der Waals surface area (Å²) in [5.74, 6) is -2.68. The van der Waals surface area contributed by atoms with Gasteiger partial charge in [0.2, 0.25) is 5.91 Å². The van der Waals surface area contributed by atoms with Gasteiger partial charge in [0, 0.05) is 13.0 Å². The van der Waals surface area contributed by atoms with Crippen molar-refractivity contribution in [2.75, 3.05) is 0 Å². The standard InChI is InChI=1S/C7H13NO4/c1-4-6(9)12-5(2)8-7(3,10)11/h4-5,8,10-11H,1H2,2-3H3. The fraction of sp³-hybridized carbons (Fsp3) is 0.571. The van der Waals surface area contributed by atoms with E-state index in [1.807, 2.05) is 0 Å². The molecule has 1 atom stereocenters. The quantitative estimate of drug-likeness (QED) is 0.299. The topological polar surface area (TPSA) is 78.8 Å². The van der Waals surface area contributed by atoms with Crippen molar-refractivity contribution in [3.63, 3.8) is 0 Å². The first-order valence-corrected chi connectivity index (χ1v) is 3.40. The van der Waals surface area contributed by atoms with Crippen LogP contribution >= 0.6 is 0 Å². The third-order valence-corrected chi connectivity index (χ3v) is 0.936. The fourth-order valence-corrected chi connectivity index (χ4v) is 0.637. The molecule has 0 aromatic rings. The molecule has 0 saturated carbocycles. The van der Waals surface area contributed by atoms with Gasteiger partial charge in [-0.3, -0.25) is 0 Å². The van der Waals surface area contributed by atoms with Crippen LogP contribution in [0.2, 0.25) is 0 Å². The van der Waals surface area contributed by atoms with E-state index in [0.29, 0.717) is 0 Å². The molecule has 0 aromatic carbocycles. The number of hydrogen-bond acceptors (Lipinski definition) is 5. The van der Waals surface area contributed by atoms with Gasteiger partial charge in [-0.25, -0.2) is 10.1 Å². The zero-order valence-electron chi connectivity index (χ0n) is 7.07. The summed E-state index contributed by atoms with van der Waals surface area (Å²) in [5, 5.41) is 19.8. The summed E-state index contributed by atoms with van der Waals surface area (Å²) in [4.78, 5) is 10.6. The molecule has 5 heteroatoms. The zero-order valence-corrected chi connectivity index (χ0v) is 7.07. The van der Waals surface area contributed by atoms with Crippen LogP contribution in [-0.2, 0) is 9.53 Å². The summed E-state index contributed by atoms with van der Waals surface area (Å²) < 4.78 is 4.59. The Morgan fingerprint density at radius 2 is 2.25 bits per heavy atom. The average Bonchev–Trinajstić information content (AvgIpc) is 1.82. The minimum atomic E-state index is -2.05. The first-order valence-electron chi connectivity index (χ1n) is 3.40. The monoisotopic (exact) mass is 175 g/mol. The minimum Gasteiger partial charge on any atom is -0.444 e. The van der Waals surface area contributed by atoms with Crippen molar-refractivity contribution < 1.29 is 19.7 Å². The van der Waals surface area contributed by atoms with Crippen molar-refractivity contribution in [3.05, 3.63) is 12.7 Å². The maximum Gasteiger partial charge on any atom is 0.331 e. The molecule has 0 spiro atoms. The van der Waals surface area contributed by atoms with Gasteiger partial charge in [0.1, 0.15) is 0 Å². The molecule has 0 aliphatic carbocycles. The van der Waals surface area contributed by atoms with E-state index in [9.17, 15) is 4.79 Å². The number of carbonyl (C=O) groups is 1. The lowest BCUT2D eigenvalue weighted by molar-refractivity contribution is -0.196. The van der Waals surface area contributed by atoms with Crippen molar-refractivity contribution in [3.8, 4) is 0 Å². The first kappa shape index (κ1) is 11.1. The molecular weight excluding hydrogens is 162 g/mol. The Bertz CT molecular complexity index is 173. The summed E-state index contributed by atoms with van der Waals surface area (Å²) in [5.41, 5.74) is 0. The van der Waals surface area contributed by atoms with Crippen LogP contribution in [0.15, 0.2) is 12.7 Å². The van der Waals surface area contributed by atoms with E-state index in [2.05, 4.69) is 16.6 Å². The van der Waals surface area contributed by atoms with Crippen LogP contribution in [0.1, 0.15) is 13.8 Å². The summed E-state index contributed by atoms with van der Waals surface area (Å²) in [7, 11) is 0. The Morgan fingerprint density at radius 3 is 2.58 bits per heavy atom. The van der Waals surface area contributed by atoms with Crippen LogP contribution in [-0.4, -0.2) is 28.3 Å². The van der Waals surface area contributed by atoms with Gasteiger partial charge in [0.15, 0.2) is 6.23 Å². The molecule has 0 radical (unpaired) electrons. The summed E-state index contributed by atoms with van der Waals surface area (Å²) in [6.07, 6.45) is 0.208. The Balaban J connectivity index is 3.82. The van der Waals surface area contributed by atoms with E-state index in [0.717, 1.165) is 13.0 Å². The van der Waals surface area contributed by atoms with Crippen LogP contribution in [0.25, 0.3) is 0 Å². The molecule has 1 unspecified atom stereocenters. The molecule has 0 aliphatic heterocycles. The van der Waals surface area contributed by atoms with Gasteiger partial charge in [-0.15, -0.1) is 0 Å². The van der Waals surface area contributed by atoms with E-state index in [4.69, 9.17) is 10.2 Å². The highest BCUT2D eigenvalue weighted by Crippen LogP contribution is 1.95. The molecule has 0 amide bonds. The SMILES string of the molecule is C=CC(=O)OC(C)NC(C)(O)O. The smallest absolute Gasteiger partial charge is 0.331 e. The van der Waals surface area contributed by atoms with Crippen molar-refractivity contribution in [1.82, 2.24) is 5.32 Å².